The highest BCUT2D eigenvalue weighted by molar-refractivity contribution is 7.98. The normalized spacial score (nSPS) is 25.3. The van der Waals surface area contributed by atoms with Crippen molar-refractivity contribution in [1.82, 2.24) is 20.6 Å². The monoisotopic (exact) mass is 642 g/mol. The van der Waals surface area contributed by atoms with Gasteiger partial charge in [-0.25, -0.2) is 4.99 Å². The lowest BCUT2D eigenvalue weighted by Crippen LogP contribution is -2.56. The van der Waals surface area contributed by atoms with E-state index < -0.39 is 79.6 Å². The number of rotatable bonds is 16. The summed E-state index contributed by atoms with van der Waals surface area (Å²) >= 11 is 1.11. The predicted molar refractivity (Wildman–Crippen MR) is 166 cm³/mol. The number of nitrogens with zero attached hydrogens (tertiary/aromatic N) is 3. The molecule has 3 rings (SSSR count). The van der Waals surface area contributed by atoms with Gasteiger partial charge in [-0.2, -0.15) is 11.8 Å². The van der Waals surface area contributed by atoms with E-state index in [-0.39, 0.29) is 53.9 Å². The summed E-state index contributed by atoms with van der Waals surface area (Å²) in [5.74, 6) is -4.51. The molecule has 0 bridgehead atoms. The van der Waals surface area contributed by atoms with Crippen LogP contribution in [0.3, 0.4) is 0 Å². The van der Waals surface area contributed by atoms with E-state index >= 15 is 0 Å². The number of carbonyl (C=O) groups excluding carboxylic acids is 2. The number of likely N-dealkylation sites (tertiary alicyclic amines) is 1. The molecule has 14 heteroatoms. The molecule has 2 aliphatic heterocycles. The number of amidine groups is 1. The van der Waals surface area contributed by atoms with E-state index in [0.717, 1.165) is 25.6 Å². The molecule has 2 amide bonds. The largest absolute Gasteiger partial charge is 0.480 e. The molecule has 2 heterocycles. The molecule has 44 heavy (non-hydrogen) atoms. The van der Waals surface area contributed by atoms with Gasteiger partial charge in [0.25, 0.3) is 0 Å². The minimum Gasteiger partial charge on any atom is -0.480 e. The van der Waals surface area contributed by atoms with Gasteiger partial charge in [-0.05, 0) is 49.5 Å². The molecular formula is C30H45N6O7S. The number of carboxylic acid groups (broad SMARTS) is 2. The molecule has 0 aliphatic carbocycles. The highest BCUT2D eigenvalue weighted by atomic mass is 32.2. The zero-order valence-electron chi connectivity index (χ0n) is 33.6. The molecule has 0 saturated carbocycles. The molecule has 1 saturated heterocycles. The third-order valence-electron chi connectivity index (χ3n) is 7.47. The van der Waals surface area contributed by atoms with Gasteiger partial charge in [0.2, 0.25) is 11.8 Å². The molecule has 1 unspecified atom stereocenters. The van der Waals surface area contributed by atoms with Crippen LogP contribution in [0.5, 0.6) is 0 Å². The molecule has 1 fully saturated rings. The molecule has 1 aromatic rings. The second-order valence-electron chi connectivity index (χ2n) is 10.4. The summed E-state index contributed by atoms with van der Waals surface area (Å²) in [6.07, 6.45) is -8.24. The first-order valence-corrected chi connectivity index (χ1v) is 15.2. The summed E-state index contributed by atoms with van der Waals surface area (Å²) in [6, 6.07) is 2.83. The van der Waals surface area contributed by atoms with Gasteiger partial charge in [0, 0.05) is 43.4 Å². The number of nitrogens with two attached hydrogens (primary N) is 1. The van der Waals surface area contributed by atoms with E-state index in [4.69, 9.17) is 28.3 Å². The lowest BCUT2D eigenvalue weighted by Gasteiger charge is -2.40. The maximum Gasteiger partial charge on any atom is 0.322 e. The second-order valence-corrected chi connectivity index (χ2v) is 11.4. The third kappa shape index (κ3) is 7.89. The standard InChI is InChI=1S/C30H45N6O7S/c1-4-29(5-2)28(35-15-7-8-16-35)34-30(6-3,36(29)43)21-11-9-20(10-12-21)18-44-19-23(26(40)32-17-25(38)39)33-24(37)14-13-22(31)27(41)42/h9-12,22-23H,4-8,13-19,31H2,1-3H3,(H,32,40)(H,33,37)(H,38,39)(H,41,42)/t22-,23-,30?/m0/s1/i3D3,4D2,5D2,6D2. The number of aliphatic carboxylic acids is 2. The zero-order chi connectivity index (χ0) is 40.4. The van der Waals surface area contributed by atoms with Crippen molar-refractivity contribution in [1.29, 1.82) is 0 Å². The number of thioether (sulfide) groups is 1. The summed E-state index contributed by atoms with van der Waals surface area (Å²) in [7, 11) is 0. The van der Waals surface area contributed by atoms with Crippen LogP contribution >= 0.6 is 11.8 Å². The fraction of sp³-hybridized carbons (Fsp3) is 0.633. The van der Waals surface area contributed by atoms with Crippen LogP contribution in [0.1, 0.15) is 89.0 Å². The lowest BCUT2D eigenvalue weighted by atomic mass is 9.88. The molecule has 1 radical (unpaired) electrons. The van der Waals surface area contributed by atoms with Crippen LogP contribution < -0.4 is 16.4 Å². The van der Waals surface area contributed by atoms with Gasteiger partial charge >= 0.3 is 11.9 Å². The number of aliphatic imine (C=N–C) groups is 1. The first-order valence-electron chi connectivity index (χ1n) is 18.5. The van der Waals surface area contributed by atoms with E-state index in [9.17, 15) is 24.4 Å². The van der Waals surface area contributed by atoms with Crippen LogP contribution in [0.2, 0.25) is 0 Å². The van der Waals surface area contributed by atoms with E-state index in [1.807, 2.05) is 0 Å². The third-order valence-corrected chi connectivity index (χ3v) is 8.57. The Morgan fingerprint density at radius 1 is 1.14 bits per heavy atom. The Hall–Kier alpha value is -3.20. The fourth-order valence-electron chi connectivity index (χ4n) is 5.00. The average molecular weight is 643 g/mol. The zero-order valence-corrected chi connectivity index (χ0v) is 25.4. The molecule has 3 atom stereocenters. The van der Waals surface area contributed by atoms with Gasteiger partial charge in [-0.1, -0.05) is 45.0 Å². The topological polar surface area (TPSA) is 198 Å². The smallest absolute Gasteiger partial charge is 0.322 e. The van der Waals surface area contributed by atoms with Gasteiger partial charge in [0.15, 0.2) is 5.66 Å². The van der Waals surface area contributed by atoms with Crippen molar-refractivity contribution in [2.75, 3.05) is 25.4 Å². The number of carboxylic acids is 2. The van der Waals surface area contributed by atoms with Gasteiger partial charge in [0.1, 0.15) is 30.0 Å². The second kappa shape index (κ2) is 15.7. The van der Waals surface area contributed by atoms with Gasteiger partial charge < -0.3 is 31.5 Å². The van der Waals surface area contributed by atoms with Crippen LogP contribution in [-0.4, -0.2) is 92.8 Å². The SMILES string of the molecule is [2H]C([2H])([2H])C([2H])([2H])C1(c2ccc(CSC[C@H](NC(=O)CC[C@H](N)C(=O)O)C(=O)NCC(=O)O)cc2)N=C(N2CCCC2)C(C([2H])([2H])C)(C([2H])([2H])C)N1[O]. The van der Waals surface area contributed by atoms with Crippen molar-refractivity contribution in [3.05, 3.63) is 35.4 Å². The maximum atomic E-state index is 14.9. The molecule has 243 valence electrons. The fourth-order valence-corrected chi connectivity index (χ4v) is 6.02. The van der Waals surface area contributed by atoms with Crippen molar-refractivity contribution in [2.24, 2.45) is 10.7 Å². The number of carbonyl (C=O) groups is 4. The Balaban J connectivity index is 2.00. The minimum absolute atomic E-state index is 0.0903. The highest BCUT2D eigenvalue weighted by Crippen LogP contribution is 2.47. The molecule has 0 spiro atoms. The van der Waals surface area contributed by atoms with Gasteiger partial charge in [-0.15, -0.1) is 10.3 Å². The molecule has 0 aromatic heterocycles. The Labute approximate surface area is 275 Å². The lowest BCUT2D eigenvalue weighted by molar-refractivity contribution is -0.265. The molecule has 6 N–H and O–H groups in total. The number of nitrogens with one attached hydrogen (secondary N) is 2. The minimum atomic E-state index is -3.50. The number of hydrogen-bond donors (Lipinski definition) is 5. The summed E-state index contributed by atoms with van der Waals surface area (Å²) in [4.78, 5) is 53.2. The van der Waals surface area contributed by atoms with Crippen LogP contribution in [0.25, 0.3) is 0 Å². The Kier molecular flexibility index (Phi) is 8.59. The molecular weight excluding hydrogens is 588 g/mol. The molecule has 1 aromatic carbocycles. The summed E-state index contributed by atoms with van der Waals surface area (Å²) < 4.78 is 77.4. The van der Waals surface area contributed by atoms with E-state index in [2.05, 4.69) is 15.6 Å². The summed E-state index contributed by atoms with van der Waals surface area (Å²) in [5, 5.41) is 37.3. The Bertz CT molecular complexity index is 1540. The summed E-state index contributed by atoms with van der Waals surface area (Å²) in [5.41, 5.74) is -0.0814. The van der Waals surface area contributed by atoms with E-state index in [1.165, 1.54) is 29.2 Å². The number of hydroxylamine groups is 2. The van der Waals surface area contributed by atoms with Crippen LogP contribution in [0, 0.1) is 0 Å². The molecule has 2 aliphatic rings. The number of hydrogen-bond acceptors (Lipinski definition) is 9. The first kappa shape index (κ1) is 24.1. The van der Waals surface area contributed by atoms with Crippen LogP contribution in [0.15, 0.2) is 29.3 Å². The number of benzene rings is 1. The van der Waals surface area contributed by atoms with Crippen LogP contribution in [-0.2, 0) is 35.8 Å². The van der Waals surface area contributed by atoms with Crippen molar-refractivity contribution in [3.8, 4) is 0 Å². The molecule has 13 nitrogen and oxygen atoms in total. The predicted octanol–water partition coefficient (Wildman–Crippen LogP) is 2.07. The van der Waals surface area contributed by atoms with Crippen molar-refractivity contribution >= 4 is 41.4 Å². The van der Waals surface area contributed by atoms with E-state index in [1.54, 1.807) is 0 Å². The number of amides is 2. The van der Waals surface area contributed by atoms with E-state index in [0.29, 0.717) is 18.4 Å². The maximum absolute atomic E-state index is 14.9. The van der Waals surface area contributed by atoms with Gasteiger partial charge in [-0.3, -0.25) is 19.2 Å². The van der Waals surface area contributed by atoms with Crippen molar-refractivity contribution in [3.63, 3.8) is 0 Å². The van der Waals surface area contributed by atoms with Crippen molar-refractivity contribution < 1.29 is 46.9 Å². The Morgan fingerprint density at radius 2 is 1.80 bits per heavy atom. The summed E-state index contributed by atoms with van der Waals surface area (Å²) in [6.45, 7) is -1.75. The Morgan fingerprint density at radius 3 is 2.36 bits per heavy atom. The van der Waals surface area contributed by atoms with Crippen LogP contribution in [0.4, 0.5) is 0 Å². The quantitative estimate of drug-likeness (QED) is 0.178. The van der Waals surface area contributed by atoms with Crippen molar-refractivity contribution in [2.45, 2.75) is 94.5 Å². The van der Waals surface area contributed by atoms with Gasteiger partial charge in [0.05, 0.1) is 0 Å². The first-order chi connectivity index (χ1) is 24.3. The highest BCUT2D eigenvalue weighted by Gasteiger charge is 2.58. The average Bonchev–Trinajstić information content (AvgIpc) is 3.67.